The number of benzene rings is 1. The number of nitrogens with zero attached hydrogens (tertiary/aromatic N) is 2. The average Bonchev–Trinajstić information content (AvgIpc) is 2.71. The Morgan fingerprint density at radius 3 is 2.62 bits per heavy atom. The van der Waals surface area contributed by atoms with Crippen LogP contribution in [0.4, 0.5) is 0 Å². The fourth-order valence-electron chi connectivity index (χ4n) is 3.30. The van der Waals surface area contributed by atoms with Crippen molar-refractivity contribution in [3.8, 4) is 5.75 Å². The number of likely N-dealkylation sites (N-methyl/N-ethyl adjacent to an activating group) is 1. The van der Waals surface area contributed by atoms with Crippen molar-refractivity contribution in [2.75, 3.05) is 46.9 Å². The van der Waals surface area contributed by atoms with Crippen LogP contribution in [0.1, 0.15) is 39.2 Å². The van der Waals surface area contributed by atoms with Gasteiger partial charge in [0.2, 0.25) is 5.91 Å². The second-order valence-electron chi connectivity index (χ2n) is 8.49. The topological polar surface area (TPSA) is 78.0 Å². The van der Waals surface area contributed by atoms with Gasteiger partial charge in [0.1, 0.15) is 12.4 Å². The molecule has 1 heterocycles. The van der Waals surface area contributed by atoms with Gasteiger partial charge in [-0.1, -0.05) is 32.9 Å². The van der Waals surface area contributed by atoms with Crippen molar-refractivity contribution in [3.63, 3.8) is 0 Å². The van der Waals surface area contributed by atoms with Crippen LogP contribution in [0.2, 0.25) is 0 Å². The molecule has 29 heavy (non-hydrogen) atoms. The van der Waals surface area contributed by atoms with Crippen LogP contribution in [0.15, 0.2) is 29.3 Å². The van der Waals surface area contributed by atoms with Gasteiger partial charge in [0.25, 0.3) is 0 Å². The van der Waals surface area contributed by atoms with Crippen LogP contribution in [-0.4, -0.2) is 69.7 Å². The van der Waals surface area contributed by atoms with E-state index in [0.717, 1.165) is 37.6 Å². The van der Waals surface area contributed by atoms with E-state index in [-0.39, 0.29) is 11.3 Å². The lowest BCUT2D eigenvalue weighted by Gasteiger charge is -2.32. The van der Waals surface area contributed by atoms with Crippen LogP contribution >= 0.6 is 0 Å². The molecule has 2 rings (SSSR count). The monoisotopic (exact) mass is 403 g/mol. The standard InChI is InChI=1S/C22H37N5O2/c1-22(2,3)17-7-6-8-19(15-17)29-14-11-25-21(24-5)26-18-9-12-27(13-10-18)16-20(28)23-4/h6-8,15,18H,9-14,16H2,1-5H3,(H,23,28)(H2,24,25,26). The molecular formula is C22H37N5O2. The highest BCUT2D eigenvalue weighted by Gasteiger charge is 2.21. The smallest absolute Gasteiger partial charge is 0.233 e. The predicted molar refractivity (Wildman–Crippen MR) is 119 cm³/mol. The van der Waals surface area contributed by atoms with E-state index in [0.29, 0.717) is 25.7 Å². The van der Waals surface area contributed by atoms with Gasteiger partial charge >= 0.3 is 0 Å². The van der Waals surface area contributed by atoms with E-state index < -0.39 is 0 Å². The van der Waals surface area contributed by atoms with Gasteiger partial charge in [-0.15, -0.1) is 0 Å². The highest BCUT2D eigenvalue weighted by atomic mass is 16.5. The summed E-state index contributed by atoms with van der Waals surface area (Å²) >= 11 is 0. The molecular weight excluding hydrogens is 366 g/mol. The summed E-state index contributed by atoms with van der Waals surface area (Å²) in [5, 5.41) is 9.48. The normalized spacial score (nSPS) is 16.4. The van der Waals surface area contributed by atoms with Crippen molar-refractivity contribution in [3.05, 3.63) is 29.8 Å². The van der Waals surface area contributed by atoms with Crippen molar-refractivity contribution >= 4 is 11.9 Å². The second kappa shape index (κ2) is 11.0. The van der Waals surface area contributed by atoms with Crippen LogP contribution in [0, 0.1) is 0 Å². The highest BCUT2D eigenvalue weighted by molar-refractivity contribution is 5.80. The Bertz CT molecular complexity index is 676. The summed E-state index contributed by atoms with van der Waals surface area (Å²) in [6.07, 6.45) is 1.99. The Morgan fingerprint density at radius 2 is 2.00 bits per heavy atom. The predicted octanol–water partition coefficient (Wildman–Crippen LogP) is 1.74. The first kappa shape index (κ1) is 23.0. The van der Waals surface area contributed by atoms with Gasteiger partial charge in [-0.25, -0.2) is 0 Å². The number of piperidine rings is 1. The summed E-state index contributed by atoms with van der Waals surface area (Å²) < 4.78 is 5.90. The molecule has 0 radical (unpaired) electrons. The molecule has 1 aromatic rings. The summed E-state index contributed by atoms with van der Waals surface area (Å²) in [5.74, 6) is 1.76. The zero-order valence-corrected chi connectivity index (χ0v) is 18.5. The number of carbonyl (C=O) groups excluding carboxylic acids is 1. The van der Waals surface area contributed by atoms with Crippen LogP contribution in [-0.2, 0) is 10.2 Å². The SMILES string of the molecule is CN=C(NCCOc1cccc(C(C)(C)C)c1)NC1CCN(CC(=O)NC)CC1. The Morgan fingerprint density at radius 1 is 1.28 bits per heavy atom. The van der Waals surface area contributed by atoms with Crippen molar-refractivity contribution in [2.45, 2.75) is 45.1 Å². The van der Waals surface area contributed by atoms with E-state index in [1.54, 1.807) is 14.1 Å². The number of guanidine groups is 1. The van der Waals surface area contributed by atoms with Crippen molar-refractivity contribution in [2.24, 2.45) is 4.99 Å². The number of hydrogen-bond donors (Lipinski definition) is 3. The lowest BCUT2D eigenvalue weighted by atomic mass is 9.87. The average molecular weight is 404 g/mol. The maximum Gasteiger partial charge on any atom is 0.233 e. The molecule has 1 aliphatic rings. The van der Waals surface area contributed by atoms with Gasteiger partial charge in [-0.2, -0.15) is 0 Å². The fraction of sp³-hybridized carbons (Fsp3) is 0.636. The summed E-state index contributed by atoms with van der Waals surface area (Å²) in [6, 6.07) is 8.65. The Labute approximate surface area is 175 Å². The number of ether oxygens (including phenoxy) is 1. The third kappa shape index (κ3) is 7.93. The van der Waals surface area contributed by atoms with E-state index in [1.807, 2.05) is 12.1 Å². The van der Waals surface area contributed by atoms with Gasteiger partial charge in [-0.3, -0.25) is 14.7 Å². The third-order valence-electron chi connectivity index (χ3n) is 5.16. The number of aliphatic imine (C=N–C) groups is 1. The summed E-state index contributed by atoms with van der Waals surface area (Å²) in [5.41, 5.74) is 1.38. The molecule has 1 aliphatic heterocycles. The zero-order valence-electron chi connectivity index (χ0n) is 18.5. The van der Waals surface area contributed by atoms with Crippen molar-refractivity contribution in [1.29, 1.82) is 0 Å². The van der Waals surface area contributed by atoms with Crippen LogP contribution < -0.4 is 20.7 Å². The quantitative estimate of drug-likeness (QED) is 0.367. The Kier molecular flexibility index (Phi) is 8.76. The molecule has 162 valence electrons. The summed E-state index contributed by atoms with van der Waals surface area (Å²) in [6.45, 7) is 10.1. The molecule has 0 saturated carbocycles. The number of likely N-dealkylation sites (tertiary alicyclic amines) is 1. The van der Waals surface area contributed by atoms with Gasteiger partial charge in [0.05, 0.1) is 13.1 Å². The lowest BCUT2D eigenvalue weighted by molar-refractivity contribution is -0.122. The molecule has 7 nitrogen and oxygen atoms in total. The first-order chi connectivity index (χ1) is 13.8. The third-order valence-corrected chi connectivity index (χ3v) is 5.16. The van der Waals surface area contributed by atoms with E-state index in [9.17, 15) is 4.79 Å². The number of carbonyl (C=O) groups is 1. The second-order valence-corrected chi connectivity index (χ2v) is 8.49. The van der Waals surface area contributed by atoms with E-state index in [1.165, 1.54) is 5.56 Å². The van der Waals surface area contributed by atoms with Gasteiger partial charge < -0.3 is 20.7 Å². The molecule has 1 saturated heterocycles. The number of hydrogen-bond acceptors (Lipinski definition) is 4. The molecule has 3 N–H and O–H groups in total. The van der Waals surface area contributed by atoms with Gasteiger partial charge in [-0.05, 0) is 36.0 Å². The molecule has 0 unspecified atom stereocenters. The number of rotatable bonds is 7. The molecule has 1 amide bonds. The molecule has 0 bridgehead atoms. The van der Waals surface area contributed by atoms with Crippen LogP contribution in [0.5, 0.6) is 5.75 Å². The first-order valence-electron chi connectivity index (χ1n) is 10.5. The van der Waals surface area contributed by atoms with Gasteiger partial charge in [0.15, 0.2) is 5.96 Å². The highest BCUT2D eigenvalue weighted by Crippen LogP contribution is 2.25. The maximum atomic E-state index is 11.5. The maximum absolute atomic E-state index is 11.5. The summed E-state index contributed by atoms with van der Waals surface area (Å²) in [7, 11) is 3.46. The Balaban J connectivity index is 1.69. The van der Waals surface area contributed by atoms with Gasteiger partial charge in [0, 0.05) is 33.2 Å². The first-order valence-corrected chi connectivity index (χ1v) is 10.5. The fourth-order valence-corrected chi connectivity index (χ4v) is 3.30. The zero-order chi connectivity index (χ0) is 21.3. The molecule has 0 aliphatic carbocycles. The summed E-state index contributed by atoms with van der Waals surface area (Å²) in [4.78, 5) is 18.0. The Hall–Kier alpha value is -2.28. The largest absolute Gasteiger partial charge is 0.492 e. The molecule has 7 heteroatoms. The van der Waals surface area contributed by atoms with Crippen molar-refractivity contribution in [1.82, 2.24) is 20.9 Å². The molecule has 0 spiro atoms. The van der Waals surface area contributed by atoms with E-state index in [4.69, 9.17) is 4.74 Å². The van der Waals surface area contributed by atoms with Crippen LogP contribution in [0.3, 0.4) is 0 Å². The minimum Gasteiger partial charge on any atom is -0.492 e. The number of amides is 1. The molecule has 1 aromatic carbocycles. The minimum absolute atomic E-state index is 0.0712. The molecule has 1 fully saturated rings. The number of nitrogens with one attached hydrogen (secondary N) is 3. The van der Waals surface area contributed by atoms with E-state index >= 15 is 0 Å². The lowest BCUT2D eigenvalue weighted by Crippen LogP contribution is -2.50. The van der Waals surface area contributed by atoms with Crippen molar-refractivity contribution < 1.29 is 9.53 Å². The minimum atomic E-state index is 0.0712. The molecule has 0 atom stereocenters. The van der Waals surface area contributed by atoms with Crippen LogP contribution in [0.25, 0.3) is 0 Å². The van der Waals surface area contributed by atoms with E-state index in [2.05, 4.69) is 58.7 Å². The molecule has 0 aromatic heterocycles.